The molecular weight excluding hydrogens is 234 g/mol. The van der Waals surface area contributed by atoms with Crippen molar-refractivity contribution in [1.82, 2.24) is 4.98 Å². The molecule has 2 heterocycles. The van der Waals surface area contributed by atoms with Gasteiger partial charge in [-0.15, -0.1) is 0 Å². The summed E-state index contributed by atoms with van der Waals surface area (Å²) in [4.78, 5) is 7.24. The van der Waals surface area contributed by atoms with Gasteiger partial charge in [-0.1, -0.05) is 26.8 Å². The second-order valence-electron chi connectivity index (χ2n) is 6.02. The standard InChI is InChI=1S/C16H27N3/c1-5-9-17-15-7-6-8-16(18-15)19-11-12(2)10-13(3)14(19)4/h6-8,12-14H,5,9-11H2,1-4H3,(H,17,18). The van der Waals surface area contributed by atoms with Crippen LogP contribution < -0.4 is 10.2 Å². The van der Waals surface area contributed by atoms with Gasteiger partial charge in [0.1, 0.15) is 11.6 Å². The van der Waals surface area contributed by atoms with Crippen molar-refractivity contribution < 1.29 is 0 Å². The summed E-state index contributed by atoms with van der Waals surface area (Å²) in [6.45, 7) is 11.3. The maximum Gasteiger partial charge on any atom is 0.131 e. The monoisotopic (exact) mass is 261 g/mol. The average molecular weight is 261 g/mol. The summed E-state index contributed by atoms with van der Waals surface area (Å²) in [6, 6.07) is 6.88. The Labute approximate surface area is 117 Å². The summed E-state index contributed by atoms with van der Waals surface area (Å²) in [5.41, 5.74) is 0. The number of anilines is 2. The molecule has 3 unspecified atom stereocenters. The van der Waals surface area contributed by atoms with E-state index in [2.05, 4.69) is 56.1 Å². The highest BCUT2D eigenvalue weighted by Crippen LogP contribution is 2.30. The third-order valence-corrected chi connectivity index (χ3v) is 4.18. The molecule has 1 aromatic heterocycles. The quantitative estimate of drug-likeness (QED) is 0.894. The molecule has 0 bridgehead atoms. The highest BCUT2D eigenvalue weighted by atomic mass is 15.2. The zero-order valence-corrected chi connectivity index (χ0v) is 12.7. The van der Waals surface area contributed by atoms with Crippen molar-refractivity contribution in [2.75, 3.05) is 23.3 Å². The van der Waals surface area contributed by atoms with Gasteiger partial charge in [0.2, 0.25) is 0 Å². The van der Waals surface area contributed by atoms with E-state index in [4.69, 9.17) is 4.98 Å². The van der Waals surface area contributed by atoms with Crippen LogP contribution in [0.15, 0.2) is 18.2 Å². The SMILES string of the molecule is CCCNc1cccc(N2CC(C)CC(C)C2C)n1. The maximum absolute atomic E-state index is 4.77. The Morgan fingerprint density at radius 3 is 2.84 bits per heavy atom. The molecule has 1 fully saturated rings. The molecule has 3 nitrogen and oxygen atoms in total. The summed E-state index contributed by atoms with van der Waals surface area (Å²) in [6.07, 6.45) is 2.45. The third kappa shape index (κ3) is 3.40. The number of rotatable bonds is 4. The molecule has 0 amide bonds. The van der Waals surface area contributed by atoms with Crippen LogP contribution in [0.5, 0.6) is 0 Å². The summed E-state index contributed by atoms with van der Waals surface area (Å²) < 4.78 is 0. The molecule has 3 atom stereocenters. The largest absolute Gasteiger partial charge is 0.370 e. The lowest BCUT2D eigenvalue weighted by Crippen LogP contribution is -2.46. The fourth-order valence-electron chi connectivity index (χ4n) is 2.95. The molecular formula is C16H27N3. The van der Waals surface area contributed by atoms with E-state index >= 15 is 0 Å². The Kier molecular flexibility index (Phi) is 4.67. The van der Waals surface area contributed by atoms with Crippen molar-refractivity contribution in [1.29, 1.82) is 0 Å². The minimum atomic E-state index is 0.574. The van der Waals surface area contributed by atoms with Crippen LogP contribution >= 0.6 is 0 Å². The molecule has 1 aliphatic heterocycles. The van der Waals surface area contributed by atoms with Gasteiger partial charge in [-0.05, 0) is 43.7 Å². The van der Waals surface area contributed by atoms with E-state index in [9.17, 15) is 0 Å². The molecule has 2 rings (SSSR count). The van der Waals surface area contributed by atoms with Crippen LogP contribution in [-0.4, -0.2) is 24.1 Å². The Hall–Kier alpha value is -1.25. The van der Waals surface area contributed by atoms with Gasteiger partial charge in [0, 0.05) is 19.1 Å². The van der Waals surface area contributed by atoms with Gasteiger partial charge in [0.15, 0.2) is 0 Å². The van der Waals surface area contributed by atoms with Crippen LogP contribution in [0.4, 0.5) is 11.6 Å². The summed E-state index contributed by atoms with van der Waals surface area (Å²) in [5, 5.41) is 3.37. The second kappa shape index (κ2) is 6.27. The lowest BCUT2D eigenvalue weighted by atomic mass is 9.86. The molecule has 0 aromatic carbocycles. The van der Waals surface area contributed by atoms with Crippen LogP contribution in [0.25, 0.3) is 0 Å². The normalized spacial score (nSPS) is 27.4. The van der Waals surface area contributed by atoms with E-state index in [1.54, 1.807) is 0 Å². The predicted octanol–water partition coefficient (Wildman–Crippen LogP) is 3.77. The summed E-state index contributed by atoms with van der Waals surface area (Å²) >= 11 is 0. The molecule has 3 heteroatoms. The third-order valence-electron chi connectivity index (χ3n) is 4.18. The molecule has 1 saturated heterocycles. The van der Waals surface area contributed by atoms with Crippen molar-refractivity contribution in [3.63, 3.8) is 0 Å². The minimum Gasteiger partial charge on any atom is -0.370 e. The van der Waals surface area contributed by atoms with Gasteiger partial charge in [0.05, 0.1) is 0 Å². The van der Waals surface area contributed by atoms with Gasteiger partial charge in [-0.25, -0.2) is 4.98 Å². The second-order valence-corrected chi connectivity index (χ2v) is 6.02. The van der Waals surface area contributed by atoms with E-state index in [-0.39, 0.29) is 0 Å². The first-order chi connectivity index (χ1) is 9.11. The highest BCUT2D eigenvalue weighted by Gasteiger charge is 2.29. The van der Waals surface area contributed by atoms with Crippen molar-refractivity contribution in [2.45, 2.75) is 46.6 Å². The Balaban J connectivity index is 2.15. The molecule has 1 N–H and O–H groups in total. The molecule has 106 valence electrons. The van der Waals surface area contributed by atoms with E-state index in [1.165, 1.54) is 6.42 Å². The number of nitrogens with one attached hydrogen (secondary N) is 1. The number of piperidine rings is 1. The highest BCUT2D eigenvalue weighted by molar-refractivity contribution is 5.48. The van der Waals surface area contributed by atoms with E-state index in [0.29, 0.717) is 6.04 Å². The Morgan fingerprint density at radius 2 is 2.11 bits per heavy atom. The average Bonchev–Trinajstić information content (AvgIpc) is 2.41. The zero-order valence-electron chi connectivity index (χ0n) is 12.7. The van der Waals surface area contributed by atoms with Gasteiger partial charge in [-0.2, -0.15) is 0 Å². The van der Waals surface area contributed by atoms with E-state index < -0.39 is 0 Å². The van der Waals surface area contributed by atoms with Gasteiger partial charge in [-0.3, -0.25) is 0 Å². The smallest absolute Gasteiger partial charge is 0.131 e. The van der Waals surface area contributed by atoms with Crippen molar-refractivity contribution in [2.24, 2.45) is 11.8 Å². The molecule has 19 heavy (non-hydrogen) atoms. The number of hydrogen-bond acceptors (Lipinski definition) is 3. The number of hydrogen-bond donors (Lipinski definition) is 1. The maximum atomic E-state index is 4.77. The fraction of sp³-hybridized carbons (Fsp3) is 0.688. The Morgan fingerprint density at radius 1 is 1.32 bits per heavy atom. The van der Waals surface area contributed by atoms with E-state index in [0.717, 1.165) is 43.0 Å². The van der Waals surface area contributed by atoms with Gasteiger partial charge in [0.25, 0.3) is 0 Å². The lowest BCUT2D eigenvalue weighted by Gasteiger charge is -2.42. The molecule has 0 aliphatic carbocycles. The van der Waals surface area contributed by atoms with E-state index in [1.807, 2.05) is 0 Å². The molecule has 0 saturated carbocycles. The number of nitrogens with zero attached hydrogens (tertiary/aromatic N) is 2. The van der Waals surface area contributed by atoms with Crippen molar-refractivity contribution >= 4 is 11.6 Å². The summed E-state index contributed by atoms with van der Waals surface area (Å²) in [7, 11) is 0. The number of aromatic nitrogens is 1. The van der Waals surface area contributed by atoms with Crippen molar-refractivity contribution in [3.05, 3.63) is 18.2 Å². The van der Waals surface area contributed by atoms with Gasteiger partial charge >= 0.3 is 0 Å². The van der Waals surface area contributed by atoms with Crippen LogP contribution in [0.3, 0.4) is 0 Å². The lowest BCUT2D eigenvalue weighted by molar-refractivity contribution is 0.295. The molecule has 0 radical (unpaired) electrons. The predicted molar refractivity (Wildman–Crippen MR) is 82.8 cm³/mol. The topological polar surface area (TPSA) is 28.2 Å². The van der Waals surface area contributed by atoms with Crippen molar-refractivity contribution in [3.8, 4) is 0 Å². The first-order valence-electron chi connectivity index (χ1n) is 7.59. The molecule has 0 spiro atoms. The molecule has 1 aliphatic rings. The van der Waals surface area contributed by atoms with Crippen LogP contribution in [0.2, 0.25) is 0 Å². The minimum absolute atomic E-state index is 0.574. The Bertz CT molecular complexity index is 405. The first kappa shape index (κ1) is 14.2. The van der Waals surface area contributed by atoms with Crippen LogP contribution in [0, 0.1) is 11.8 Å². The van der Waals surface area contributed by atoms with Crippen LogP contribution in [0.1, 0.15) is 40.5 Å². The zero-order chi connectivity index (χ0) is 13.8. The summed E-state index contributed by atoms with van der Waals surface area (Å²) in [5.74, 6) is 3.60. The van der Waals surface area contributed by atoms with Gasteiger partial charge < -0.3 is 10.2 Å². The fourth-order valence-corrected chi connectivity index (χ4v) is 2.95. The van der Waals surface area contributed by atoms with Crippen LogP contribution in [-0.2, 0) is 0 Å². The molecule has 1 aromatic rings. The first-order valence-corrected chi connectivity index (χ1v) is 7.59. The number of pyridine rings is 1.